The molecule has 16 heteroatoms. The average Bonchev–Trinajstić information content (AvgIpc) is 3.91. The molecule has 0 aromatic carbocycles. The third kappa shape index (κ3) is 7.70. The minimum absolute atomic E-state index is 0.420. The monoisotopic (exact) mass is 771 g/mol. The van der Waals surface area contributed by atoms with E-state index in [1.54, 1.807) is 0 Å². The molecule has 6 aliphatic heterocycles. The van der Waals surface area contributed by atoms with Gasteiger partial charge in [-0.3, -0.25) is 42.5 Å². The van der Waals surface area contributed by atoms with Crippen LogP contribution in [0.15, 0.2) is 0 Å². The molecule has 10 rings (SSSR count). The van der Waals surface area contributed by atoms with Gasteiger partial charge in [0.1, 0.15) is 0 Å². The Morgan fingerprint density at radius 1 is 0.407 bits per heavy atom. The number of fused-ring (bicyclic) bond motifs is 20. The predicted octanol–water partition coefficient (Wildman–Crippen LogP) is 1.68. The molecule has 15 nitrogen and oxygen atoms in total. The lowest BCUT2D eigenvalue weighted by Gasteiger charge is -2.35. The van der Waals surface area contributed by atoms with Gasteiger partial charge in [0.25, 0.3) is 0 Å². The Balaban J connectivity index is 0.000000234. The molecule has 10 fully saturated rings. The van der Waals surface area contributed by atoms with E-state index in [0.717, 1.165) is 60.2 Å². The van der Waals surface area contributed by atoms with E-state index in [2.05, 4.69) is 52.5 Å². The zero-order chi connectivity index (χ0) is 36.8. The van der Waals surface area contributed by atoms with Gasteiger partial charge < -0.3 is 25.9 Å². The number of carbonyl (C=O) groups excluding carboxylic acids is 2. The summed E-state index contributed by atoms with van der Waals surface area (Å²) in [6, 6.07) is -0.807. The molecule has 4 saturated carbocycles. The fourth-order valence-corrected chi connectivity index (χ4v) is 16.0. The second kappa shape index (κ2) is 16.3. The second-order valence-electron chi connectivity index (χ2n) is 18.7. The summed E-state index contributed by atoms with van der Waals surface area (Å²) in [6.45, 7) is 0.507. The number of rotatable bonds is 2. The Morgan fingerprint density at radius 3 is 0.833 bits per heavy atom. The van der Waals surface area contributed by atoms with E-state index in [9.17, 15) is 9.59 Å². The van der Waals surface area contributed by atoms with Crippen molar-refractivity contribution in [3.63, 3.8) is 0 Å². The van der Waals surface area contributed by atoms with Crippen LogP contribution in [0.5, 0.6) is 0 Å². The van der Waals surface area contributed by atoms with E-state index in [1.807, 2.05) is 0 Å². The number of hydrogen-bond donors (Lipinski definition) is 12. The highest BCUT2D eigenvalue weighted by Crippen LogP contribution is 2.45. The van der Waals surface area contributed by atoms with Crippen LogP contribution in [0, 0.1) is 47.3 Å². The molecule has 8 atom stereocenters. The maximum atomic E-state index is 10.7. The van der Waals surface area contributed by atoms with Gasteiger partial charge in [-0.25, -0.2) is 9.59 Å². The van der Waals surface area contributed by atoms with Crippen LogP contribution in [0.1, 0.15) is 116 Å². The van der Waals surface area contributed by atoms with Crippen molar-refractivity contribution >= 4 is 20.7 Å². The van der Waals surface area contributed by atoms with Crippen molar-refractivity contribution in [1.82, 2.24) is 52.5 Å². The largest absolute Gasteiger partial charge is 0.421 e. The van der Waals surface area contributed by atoms with E-state index in [4.69, 9.17) is 15.9 Å². The van der Waals surface area contributed by atoms with Crippen LogP contribution in [0.2, 0.25) is 6.04 Å². The lowest BCUT2D eigenvalue weighted by molar-refractivity contribution is 0.167. The second-order valence-corrected chi connectivity index (χ2v) is 21.7. The number of nitrogens with one attached hydrogen (secondary N) is 10. The Bertz CT molecular complexity index is 1100. The lowest BCUT2D eigenvalue weighted by Crippen LogP contribution is -2.70. The van der Waals surface area contributed by atoms with Crippen LogP contribution >= 0.6 is 0 Å². The smallest absolute Gasteiger partial charge is 0.383 e. The van der Waals surface area contributed by atoms with Gasteiger partial charge in [-0.15, -0.1) is 0 Å². The number of hydrogen-bond acceptors (Lipinski definition) is 11. The van der Waals surface area contributed by atoms with Crippen molar-refractivity contribution in [2.45, 2.75) is 171 Å². The molecular weight excluding hydrogens is 701 g/mol. The maximum absolute atomic E-state index is 10.7. The molecule has 4 aliphatic carbocycles. The predicted molar refractivity (Wildman–Crippen MR) is 208 cm³/mol. The lowest BCUT2D eigenvalue weighted by atomic mass is 9.76. The van der Waals surface area contributed by atoms with Gasteiger partial charge in [0, 0.05) is 12.7 Å². The summed E-state index contributed by atoms with van der Waals surface area (Å²) >= 11 is 0. The fourth-order valence-electron chi connectivity index (χ4n) is 13.4. The van der Waals surface area contributed by atoms with Gasteiger partial charge in [-0.2, -0.15) is 0 Å². The fraction of sp³-hybridized carbons (Fsp3) is 0.947. The van der Waals surface area contributed by atoms with E-state index in [1.165, 1.54) is 103 Å². The van der Waals surface area contributed by atoms with Crippen molar-refractivity contribution in [3.05, 3.63) is 0 Å². The maximum Gasteiger partial charge on any atom is 0.421 e. The van der Waals surface area contributed by atoms with Crippen molar-refractivity contribution < 1.29 is 14.0 Å². The van der Waals surface area contributed by atoms with Crippen LogP contribution in [-0.4, -0.2) is 76.6 Å². The number of urea groups is 2. The van der Waals surface area contributed by atoms with E-state index >= 15 is 0 Å². The topological polar surface area (TPSA) is 216 Å². The highest BCUT2D eigenvalue weighted by atomic mass is 28.4. The molecule has 304 valence electrons. The van der Waals surface area contributed by atoms with Gasteiger partial charge >= 0.3 is 20.7 Å². The van der Waals surface area contributed by atoms with Crippen molar-refractivity contribution in [2.75, 3.05) is 6.61 Å². The Kier molecular flexibility index (Phi) is 11.5. The first-order chi connectivity index (χ1) is 26.3. The van der Waals surface area contributed by atoms with Gasteiger partial charge in [-0.05, 0) is 112 Å². The van der Waals surface area contributed by atoms with E-state index < -0.39 is 20.7 Å². The molecule has 0 radical (unpaired) electrons. The molecule has 0 spiro atoms. The molecule has 54 heavy (non-hydrogen) atoms. The van der Waals surface area contributed by atoms with Crippen molar-refractivity contribution in [3.8, 4) is 0 Å². The molecule has 6 saturated heterocycles. The molecule has 14 N–H and O–H groups in total. The molecular formula is C38H70N12O3Si. The first-order valence-corrected chi connectivity index (χ1v) is 24.3. The summed E-state index contributed by atoms with van der Waals surface area (Å²) in [4.78, 5) is 26.4. The number of nitrogens with two attached hydrogens (primary N) is 2. The third-order valence-corrected chi connectivity index (χ3v) is 18.8. The zero-order valence-corrected chi connectivity index (χ0v) is 33.3. The van der Waals surface area contributed by atoms with Gasteiger partial charge in [0.2, 0.25) is 0 Å². The molecule has 10 aliphatic rings. The highest BCUT2D eigenvalue weighted by Gasteiger charge is 2.54. The van der Waals surface area contributed by atoms with Crippen molar-refractivity contribution in [1.29, 1.82) is 0 Å². The van der Waals surface area contributed by atoms with Crippen LogP contribution in [0.25, 0.3) is 0 Å². The van der Waals surface area contributed by atoms with E-state index in [-0.39, 0.29) is 0 Å². The van der Waals surface area contributed by atoms with Crippen LogP contribution in [-0.2, 0) is 4.43 Å². The first kappa shape index (κ1) is 37.9. The van der Waals surface area contributed by atoms with Gasteiger partial charge in [0.15, 0.2) is 0 Å². The highest BCUT2D eigenvalue weighted by molar-refractivity contribution is 6.73. The van der Waals surface area contributed by atoms with Gasteiger partial charge in [-0.1, -0.05) is 51.4 Å². The Labute approximate surface area is 322 Å². The number of carbonyl (C=O) groups is 2. The normalized spacial score (nSPS) is 47.8. The summed E-state index contributed by atoms with van der Waals surface area (Å²) in [5.74, 6) is 5.97. The minimum Gasteiger partial charge on any atom is -0.383 e. The quantitative estimate of drug-likeness (QED) is 0.182. The molecule has 0 aromatic rings. The molecule has 8 bridgehead atoms. The first-order valence-electron chi connectivity index (χ1n) is 22.2. The number of amides is 4. The summed E-state index contributed by atoms with van der Waals surface area (Å²) in [7, 11) is -2.76. The third-order valence-electron chi connectivity index (χ3n) is 15.7. The summed E-state index contributed by atoms with van der Waals surface area (Å²) < 4.78 is 5.40. The molecule has 0 aromatic heterocycles. The SMILES string of the molecule is C1CCC2C3NC(NC4NC(NC5NC(NC6NC(N3)C3CCCCC63)C3CCCCC53)C3CCCCC43)C2C1.NC(=O)N[Si]1(NC(N)=O)CCCCO1. The standard InChI is InChI=1S/C32H56N8.C6H14N4O3Si/c1-2-10-18-17(9-1)25-33-26(18)38-28-21-13-5-6-14-22(21)30(35-28)40-32-24-16-8-7-15-23(24)31(36-32)39-29-20-12-4-3-11-19(20)27(34-29)37-25;7-5(11)9-14(10-6(8)12)4-2-1-3-13-14/h17-40H,1-16H2;1-4H2,(H3,7,9,11)(H3,8,10,12). The summed E-state index contributed by atoms with van der Waals surface area (Å²) in [5, 5.41) is 33.8. The molecule has 8 unspecified atom stereocenters. The molecule has 4 amide bonds. The van der Waals surface area contributed by atoms with Gasteiger partial charge in [0.05, 0.1) is 49.3 Å². The molecule has 6 heterocycles. The average molecular weight is 771 g/mol. The summed E-state index contributed by atoms with van der Waals surface area (Å²) in [6.07, 6.45) is 27.4. The number of primary amides is 2. The summed E-state index contributed by atoms with van der Waals surface area (Å²) in [5.41, 5.74) is 9.99. The van der Waals surface area contributed by atoms with Crippen LogP contribution in [0.4, 0.5) is 9.59 Å². The van der Waals surface area contributed by atoms with Crippen LogP contribution < -0.4 is 64.0 Å². The van der Waals surface area contributed by atoms with Crippen molar-refractivity contribution in [2.24, 2.45) is 58.8 Å². The minimum atomic E-state index is -2.76. The Hall–Kier alpha value is -1.60. The zero-order valence-electron chi connectivity index (χ0n) is 32.3. The van der Waals surface area contributed by atoms with E-state index in [0.29, 0.717) is 62.0 Å². The van der Waals surface area contributed by atoms with Crippen LogP contribution in [0.3, 0.4) is 0 Å². The Morgan fingerprint density at radius 2 is 0.648 bits per heavy atom.